The van der Waals surface area contributed by atoms with Crippen LogP contribution in [0, 0.1) is 0 Å². The molecule has 0 unspecified atom stereocenters. The summed E-state index contributed by atoms with van der Waals surface area (Å²) in [5.74, 6) is 1.61. The minimum atomic E-state index is 0.0860. The molecule has 47 heavy (non-hydrogen) atoms. The lowest BCUT2D eigenvalue weighted by Gasteiger charge is -2.40. The average Bonchev–Trinajstić information content (AvgIpc) is 3.46. The number of hydrogen-bond donors (Lipinski definition) is 0. The van der Waals surface area contributed by atoms with Crippen molar-refractivity contribution in [2.45, 2.75) is 0 Å². The lowest BCUT2D eigenvalue weighted by molar-refractivity contribution is 0.483. The number of rotatable bonds is 1. The molecule has 8 aromatic rings. The number of ether oxygens (including phenoxy) is 1. The quantitative estimate of drug-likeness (QED) is 0.176. The summed E-state index contributed by atoms with van der Waals surface area (Å²) in [7, 11) is 0. The van der Waals surface area contributed by atoms with E-state index in [4.69, 9.17) is 4.74 Å². The highest BCUT2D eigenvalue weighted by Crippen LogP contribution is 2.46. The zero-order chi connectivity index (χ0) is 30.6. The third kappa shape index (κ3) is 3.38. The first-order valence-electron chi connectivity index (χ1n) is 16.1. The first-order valence-corrected chi connectivity index (χ1v) is 16.1. The van der Waals surface area contributed by atoms with Crippen molar-refractivity contribution in [2.24, 2.45) is 0 Å². The Morgan fingerprint density at radius 2 is 1.11 bits per heavy atom. The van der Waals surface area contributed by atoms with Gasteiger partial charge in [0, 0.05) is 62.7 Å². The van der Waals surface area contributed by atoms with E-state index >= 15 is 0 Å². The molecule has 0 aliphatic carbocycles. The molecule has 0 fully saturated rings. The van der Waals surface area contributed by atoms with Gasteiger partial charge >= 0.3 is 0 Å². The number of para-hydroxylation sites is 3. The Morgan fingerprint density at radius 3 is 1.96 bits per heavy atom. The second-order valence-electron chi connectivity index (χ2n) is 12.6. The molecular formula is C42H26BN3O. The van der Waals surface area contributed by atoms with Crippen LogP contribution in [0.1, 0.15) is 0 Å². The lowest BCUT2D eigenvalue weighted by Crippen LogP contribution is -2.60. The summed E-state index contributed by atoms with van der Waals surface area (Å²) in [6, 6.07) is 57.0. The molecule has 0 saturated heterocycles. The summed E-state index contributed by atoms with van der Waals surface area (Å²) in [5, 5.41) is 2.57. The van der Waals surface area contributed by atoms with Crippen molar-refractivity contribution < 1.29 is 4.74 Å². The van der Waals surface area contributed by atoms with Gasteiger partial charge in [-0.05, 0) is 83.1 Å². The van der Waals surface area contributed by atoms with Gasteiger partial charge in [0.05, 0.1) is 11.0 Å². The molecule has 218 valence electrons. The number of nitrogens with zero attached hydrogens (tertiary/aromatic N) is 3. The predicted molar refractivity (Wildman–Crippen MR) is 195 cm³/mol. The average molecular weight is 600 g/mol. The fourth-order valence-electron chi connectivity index (χ4n) is 8.27. The topological polar surface area (TPSA) is 20.6 Å². The van der Waals surface area contributed by atoms with Crippen LogP contribution < -0.4 is 30.9 Å². The maximum Gasteiger partial charge on any atom is 0.252 e. The highest BCUT2D eigenvalue weighted by atomic mass is 16.5. The molecule has 0 radical (unpaired) electrons. The molecule has 11 rings (SSSR count). The van der Waals surface area contributed by atoms with Crippen LogP contribution in [-0.4, -0.2) is 11.3 Å². The number of anilines is 6. The van der Waals surface area contributed by atoms with Gasteiger partial charge in [0.2, 0.25) is 0 Å². The van der Waals surface area contributed by atoms with Crippen LogP contribution in [0.3, 0.4) is 0 Å². The molecule has 7 aromatic carbocycles. The zero-order valence-corrected chi connectivity index (χ0v) is 25.3. The molecule has 0 spiro atoms. The molecule has 0 N–H and O–H groups in total. The number of benzene rings is 7. The number of hydrogen-bond acceptors (Lipinski definition) is 3. The molecule has 5 heteroatoms. The molecular weight excluding hydrogens is 573 g/mol. The summed E-state index contributed by atoms with van der Waals surface area (Å²) < 4.78 is 9.06. The fourth-order valence-corrected chi connectivity index (χ4v) is 8.27. The van der Waals surface area contributed by atoms with Crippen LogP contribution in [0.15, 0.2) is 158 Å². The van der Waals surface area contributed by atoms with Crippen molar-refractivity contribution in [2.75, 3.05) is 9.80 Å². The highest BCUT2D eigenvalue weighted by Gasteiger charge is 2.42. The third-order valence-corrected chi connectivity index (χ3v) is 10.1. The molecule has 6 bridgehead atoms. The lowest BCUT2D eigenvalue weighted by atomic mass is 9.34. The Labute approximate surface area is 272 Å². The van der Waals surface area contributed by atoms with Crippen LogP contribution in [-0.2, 0) is 0 Å². The third-order valence-electron chi connectivity index (χ3n) is 10.1. The number of aromatic nitrogens is 1. The first kappa shape index (κ1) is 25.0. The van der Waals surface area contributed by atoms with E-state index in [1.807, 2.05) is 12.1 Å². The van der Waals surface area contributed by atoms with Crippen LogP contribution >= 0.6 is 0 Å². The van der Waals surface area contributed by atoms with E-state index in [1.54, 1.807) is 0 Å². The van der Waals surface area contributed by atoms with Crippen molar-refractivity contribution in [3.8, 4) is 17.2 Å². The minimum Gasteiger partial charge on any atom is -0.457 e. The molecule has 1 aromatic heterocycles. The molecule has 4 nitrogen and oxygen atoms in total. The zero-order valence-electron chi connectivity index (χ0n) is 25.3. The van der Waals surface area contributed by atoms with Gasteiger partial charge in [0.15, 0.2) is 0 Å². The van der Waals surface area contributed by atoms with Gasteiger partial charge in [0.1, 0.15) is 11.5 Å². The van der Waals surface area contributed by atoms with Gasteiger partial charge in [-0.3, -0.25) is 0 Å². The Balaban J connectivity index is 1.28. The van der Waals surface area contributed by atoms with Crippen LogP contribution in [0.25, 0.3) is 27.5 Å². The van der Waals surface area contributed by atoms with Crippen molar-refractivity contribution in [1.29, 1.82) is 0 Å². The smallest absolute Gasteiger partial charge is 0.252 e. The van der Waals surface area contributed by atoms with Crippen molar-refractivity contribution in [3.05, 3.63) is 158 Å². The predicted octanol–water partition coefficient (Wildman–Crippen LogP) is 8.97. The van der Waals surface area contributed by atoms with Crippen molar-refractivity contribution in [1.82, 2.24) is 4.57 Å². The maximum atomic E-state index is 6.56. The molecule has 0 saturated carbocycles. The summed E-state index contributed by atoms with van der Waals surface area (Å²) in [6.45, 7) is 0.0860. The first-order chi connectivity index (χ1) is 23.3. The second-order valence-corrected chi connectivity index (χ2v) is 12.6. The van der Waals surface area contributed by atoms with Crippen LogP contribution in [0.4, 0.5) is 34.1 Å². The van der Waals surface area contributed by atoms with E-state index in [2.05, 4.69) is 160 Å². The highest BCUT2D eigenvalue weighted by molar-refractivity contribution is 7.00. The summed E-state index contributed by atoms with van der Waals surface area (Å²) in [5.41, 5.74) is 14.4. The standard InChI is InChI=1S/C42H26BN3O/c1-2-10-27(11-3-1)44-28-12-8-14-31(24-28)47-32-15-9-13-29(25-32)45-39-23-21-34-33-16-4-6-18-37(33)46-38-19-7-5-17-35(38)43(41(39)42(34)46)36-22-20-30(44)26-40(36)45/h1-26H. The van der Waals surface area contributed by atoms with Gasteiger partial charge < -0.3 is 19.1 Å². The van der Waals surface area contributed by atoms with Crippen LogP contribution in [0.5, 0.6) is 11.5 Å². The molecule has 0 amide bonds. The Bertz CT molecular complexity index is 2590. The Hall–Kier alpha value is -6.20. The maximum absolute atomic E-state index is 6.56. The van der Waals surface area contributed by atoms with E-state index in [1.165, 1.54) is 55.3 Å². The Morgan fingerprint density at radius 1 is 0.426 bits per heavy atom. The van der Waals surface area contributed by atoms with Crippen molar-refractivity contribution >= 4 is 79.0 Å². The summed E-state index contributed by atoms with van der Waals surface area (Å²) >= 11 is 0. The van der Waals surface area contributed by atoms with Crippen molar-refractivity contribution in [3.63, 3.8) is 0 Å². The monoisotopic (exact) mass is 599 g/mol. The SMILES string of the molecule is c1ccc(N2c3cccc(c3)Oc3cccc(c3)N3c4cc2ccc4B2c4ccccc4-n4c5ccccc5c5ccc3c2c54)cc1. The minimum absolute atomic E-state index is 0.0860. The molecule has 4 heterocycles. The van der Waals surface area contributed by atoms with Crippen LogP contribution in [0.2, 0.25) is 0 Å². The van der Waals surface area contributed by atoms with E-state index < -0.39 is 0 Å². The molecule has 3 aliphatic heterocycles. The van der Waals surface area contributed by atoms with E-state index in [0.29, 0.717) is 0 Å². The van der Waals surface area contributed by atoms with Gasteiger partial charge in [-0.1, -0.05) is 78.9 Å². The largest absolute Gasteiger partial charge is 0.457 e. The molecule has 0 atom stereocenters. The summed E-state index contributed by atoms with van der Waals surface area (Å²) in [4.78, 5) is 4.78. The number of fused-ring (bicyclic) bond motifs is 14. The normalized spacial score (nSPS) is 13.6. The second kappa shape index (κ2) is 9.18. The Kier molecular flexibility index (Phi) is 4.89. The summed E-state index contributed by atoms with van der Waals surface area (Å²) in [6.07, 6.45) is 0. The van der Waals surface area contributed by atoms with Gasteiger partial charge in [-0.25, -0.2) is 0 Å². The van der Waals surface area contributed by atoms with E-state index in [0.717, 1.165) is 34.2 Å². The van der Waals surface area contributed by atoms with Gasteiger partial charge in [0.25, 0.3) is 6.71 Å². The van der Waals surface area contributed by atoms with E-state index in [9.17, 15) is 0 Å². The fraction of sp³-hybridized carbons (Fsp3) is 0. The van der Waals surface area contributed by atoms with Gasteiger partial charge in [-0.15, -0.1) is 0 Å². The van der Waals surface area contributed by atoms with E-state index in [-0.39, 0.29) is 6.71 Å². The molecule has 3 aliphatic rings. The van der Waals surface area contributed by atoms with Gasteiger partial charge in [-0.2, -0.15) is 0 Å².